The number of anilines is 1. The number of carbonyl (C=O) groups excluding carboxylic acids is 1. The van der Waals surface area contributed by atoms with E-state index in [1.807, 2.05) is 48.5 Å². The third-order valence-corrected chi connectivity index (χ3v) is 5.37. The Balaban J connectivity index is 1.48. The number of halogens is 1. The molecule has 1 aliphatic carbocycles. The third-order valence-electron chi connectivity index (χ3n) is 5.37. The number of rotatable bonds is 5. The summed E-state index contributed by atoms with van der Waals surface area (Å²) >= 11 is 0. The van der Waals surface area contributed by atoms with Crippen molar-refractivity contribution in [2.75, 3.05) is 5.32 Å². The van der Waals surface area contributed by atoms with Gasteiger partial charge in [0, 0.05) is 0 Å². The van der Waals surface area contributed by atoms with E-state index >= 15 is 0 Å². The van der Waals surface area contributed by atoms with E-state index in [1.165, 1.54) is 0 Å². The SMILES string of the molecule is CC[C@H]1C[C@H]1c1ccc(NC(=O)Cc2cccc3ccccc23)c(F)c1. The van der Waals surface area contributed by atoms with Crippen LogP contribution in [0.5, 0.6) is 0 Å². The van der Waals surface area contributed by atoms with Gasteiger partial charge in [0.15, 0.2) is 0 Å². The van der Waals surface area contributed by atoms with Crippen LogP contribution in [0.2, 0.25) is 0 Å². The molecule has 0 saturated heterocycles. The van der Waals surface area contributed by atoms with Crippen molar-refractivity contribution in [1.82, 2.24) is 0 Å². The van der Waals surface area contributed by atoms with Crippen LogP contribution in [0.15, 0.2) is 60.7 Å². The normalized spacial score (nSPS) is 18.7. The van der Waals surface area contributed by atoms with Gasteiger partial charge in [-0.15, -0.1) is 0 Å². The molecule has 2 nitrogen and oxygen atoms in total. The molecule has 0 aliphatic heterocycles. The van der Waals surface area contributed by atoms with Crippen molar-refractivity contribution >= 4 is 22.4 Å². The first-order valence-corrected chi connectivity index (χ1v) is 9.21. The summed E-state index contributed by atoms with van der Waals surface area (Å²) in [6.45, 7) is 2.17. The first-order chi connectivity index (χ1) is 12.7. The average molecular weight is 347 g/mol. The minimum Gasteiger partial charge on any atom is -0.323 e. The molecule has 0 heterocycles. The lowest BCUT2D eigenvalue weighted by atomic mass is 10.0. The van der Waals surface area contributed by atoms with E-state index in [9.17, 15) is 9.18 Å². The molecule has 132 valence electrons. The summed E-state index contributed by atoms with van der Waals surface area (Å²) in [7, 11) is 0. The molecule has 3 aromatic carbocycles. The van der Waals surface area contributed by atoms with Crippen LogP contribution in [-0.4, -0.2) is 5.91 Å². The van der Waals surface area contributed by atoms with E-state index in [0.717, 1.165) is 34.7 Å². The maximum atomic E-state index is 14.4. The number of hydrogen-bond acceptors (Lipinski definition) is 1. The molecule has 0 spiro atoms. The molecule has 0 aromatic heterocycles. The van der Waals surface area contributed by atoms with Crippen molar-refractivity contribution in [3.8, 4) is 0 Å². The van der Waals surface area contributed by atoms with Gasteiger partial charge in [0.2, 0.25) is 5.91 Å². The van der Waals surface area contributed by atoms with Crippen LogP contribution in [0.4, 0.5) is 10.1 Å². The molecule has 0 radical (unpaired) electrons. The van der Waals surface area contributed by atoms with E-state index in [0.29, 0.717) is 11.8 Å². The molecule has 0 unspecified atom stereocenters. The lowest BCUT2D eigenvalue weighted by Crippen LogP contribution is -2.15. The third kappa shape index (κ3) is 3.34. The number of benzene rings is 3. The maximum absolute atomic E-state index is 14.4. The fourth-order valence-electron chi connectivity index (χ4n) is 3.78. The van der Waals surface area contributed by atoms with Crippen LogP contribution in [0, 0.1) is 11.7 Å². The summed E-state index contributed by atoms with van der Waals surface area (Å²) in [6.07, 6.45) is 2.50. The number of fused-ring (bicyclic) bond motifs is 1. The molecular weight excluding hydrogens is 325 g/mol. The molecule has 1 fully saturated rings. The minimum atomic E-state index is -0.351. The van der Waals surface area contributed by atoms with Gasteiger partial charge in [-0.3, -0.25) is 4.79 Å². The van der Waals surface area contributed by atoms with Gasteiger partial charge in [-0.05, 0) is 52.3 Å². The average Bonchev–Trinajstić information content (AvgIpc) is 3.44. The monoisotopic (exact) mass is 347 g/mol. The van der Waals surface area contributed by atoms with Gasteiger partial charge in [0.1, 0.15) is 5.82 Å². The first kappa shape index (κ1) is 16.8. The molecule has 4 rings (SSSR count). The Bertz CT molecular complexity index is 960. The van der Waals surface area contributed by atoms with Gasteiger partial charge < -0.3 is 5.32 Å². The van der Waals surface area contributed by atoms with Gasteiger partial charge in [0.05, 0.1) is 12.1 Å². The Kier molecular flexibility index (Phi) is 4.46. The van der Waals surface area contributed by atoms with Crippen molar-refractivity contribution in [3.05, 3.63) is 77.6 Å². The summed E-state index contributed by atoms with van der Waals surface area (Å²) < 4.78 is 14.4. The Hall–Kier alpha value is -2.68. The zero-order valence-electron chi connectivity index (χ0n) is 14.8. The van der Waals surface area contributed by atoms with Crippen molar-refractivity contribution < 1.29 is 9.18 Å². The van der Waals surface area contributed by atoms with E-state index in [2.05, 4.69) is 12.2 Å². The molecule has 1 N–H and O–H groups in total. The van der Waals surface area contributed by atoms with Gasteiger partial charge in [0.25, 0.3) is 0 Å². The van der Waals surface area contributed by atoms with E-state index in [4.69, 9.17) is 0 Å². The van der Waals surface area contributed by atoms with Crippen molar-refractivity contribution in [1.29, 1.82) is 0 Å². The molecule has 0 bridgehead atoms. The Morgan fingerprint density at radius 2 is 1.92 bits per heavy atom. The Morgan fingerprint density at radius 1 is 1.12 bits per heavy atom. The van der Waals surface area contributed by atoms with Crippen LogP contribution in [0.3, 0.4) is 0 Å². The zero-order chi connectivity index (χ0) is 18.1. The van der Waals surface area contributed by atoms with Crippen molar-refractivity contribution in [2.45, 2.75) is 32.1 Å². The fourth-order valence-corrected chi connectivity index (χ4v) is 3.78. The van der Waals surface area contributed by atoms with Crippen molar-refractivity contribution in [3.63, 3.8) is 0 Å². The number of carbonyl (C=O) groups is 1. The van der Waals surface area contributed by atoms with Gasteiger partial charge in [-0.2, -0.15) is 0 Å². The largest absolute Gasteiger partial charge is 0.323 e. The molecule has 1 saturated carbocycles. The summed E-state index contributed by atoms with van der Waals surface area (Å²) in [5, 5.41) is 4.88. The number of amides is 1. The van der Waals surface area contributed by atoms with Crippen LogP contribution >= 0.6 is 0 Å². The van der Waals surface area contributed by atoms with Gasteiger partial charge in [-0.1, -0.05) is 61.9 Å². The van der Waals surface area contributed by atoms with E-state index < -0.39 is 0 Å². The lowest BCUT2D eigenvalue weighted by Gasteiger charge is -2.10. The molecule has 2 atom stereocenters. The predicted octanol–water partition coefficient (Wildman–Crippen LogP) is 5.67. The van der Waals surface area contributed by atoms with Gasteiger partial charge in [-0.25, -0.2) is 4.39 Å². The summed E-state index contributed by atoms with van der Waals surface area (Å²) in [6, 6.07) is 19.1. The Labute approximate surface area is 153 Å². The second-order valence-electron chi connectivity index (χ2n) is 7.11. The molecule has 1 amide bonds. The summed E-state index contributed by atoms with van der Waals surface area (Å²) in [4.78, 5) is 12.4. The zero-order valence-corrected chi connectivity index (χ0v) is 14.8. The minimum absolute atomic E-state index is 0.203. The maximum Gasteiger partial charge on any atom is 0.228 e. The predicted molar refractivity (Wildman–Crippen MR) is 104 cm³/mol. The quantitative estimate of drug-likeness (QED) is 0.633. The second kappa shape index (κ2) is 6.91. The van der Waals surface area contributed by atoms with Crippen LogP contribution in [0.25, 0.3) is 10.8 Å². The molecule has 3 heteroatoms. The highest BCUT2D eigenvalue weighted by Crippen LogP contribution is 2.49. The highest BCUT2D eigenvalue weighted by Gasteiger charge is 2.36. The van der Waals surface area contributed by atoms with Crippen LogP contribution in [-0.2, 0) is 11.2 Å². The number of nitrogens with one attached hydrogen (secondary N) is 1. The van der Waals surface area contributed by atoms with Crippen molar-refractivity contribution in [2.24, 2.45) is 5.92 Å². The lowest BCUT2D eigenvalue weighted by molar-refractivity contribution is -0.115. The van der Waals surface area contributed by atoms with Gasteiger partial charge >= 0.3 is 0 Å². The fraction of sp³-hybridized carbons (Fsp3) is 0.261. The Morgan fingerprint density at radius 3 is 2.69 bits per heavy atom. The molecular formula is C23H22FNO. The van der Waals surface area contributed by atoms with Crippen LogP contribution < -0.4 is 5.32 Å². The second-order valence-corrected chi connectivity index (χ2v) is 7.11. The standard InChI is InChI=1S/C23H22FNO/c1-2-15-12-20(15)18-10-11-22(21(24)13-18)25-23(26)14-17-8-5-7-16-6-3-4-9-19(16)17/h3-11,13,15,20H,2,12,14H2,1H3,(H,25,26)/t15-,20+/m0/s1. The smallest absolute Gasteiger partial charge is 0.228 e. The number of hydrogen-bond donors (Lipinski definition) is 1. The summed E-state index contributed by atoms with van der Waals surface area (Å²) in [5.74, 6) is 0.609. The van der Waals surface area contributed by atoms with Crippen LogP contribution in [0.1, 0.15) is 36.8 Å². The first-order valence-electron chi connectivity index (χ1n) is 9.21. The topological polar surface area (TPSA) is 29.1 Å². The van der Waals surface area contributed by atoms with E-state index in [-0.39, 0.29) is 23.8 Å². The molecule has 1 aliphatic rings. The van der Waals surface area contributed by atoms with E-state index in [1.54, 1.807) is 12.1 Å². The molecule has 26 heavy (non-hydrogen) atoms. The molecule has 3 aromatic rings. The summed E-state index contributed by atoms with van der Waals surface area (Å²) in [5.41, 5.74) is 2.25. The highest BCUT2D eigenvalue weighted by molar-refractivity contribution is 5.96. The highest BCUT2D eigenvalue weighted by atomic mass is 19.1.